The number of thioether (sulfide) groups is 1. The first-order valence-electron chi connectivity index (χ1n) is 6.21. The van der Waals surface area contributed by atoms with Crippen LogP contribution >= 0.6 is 23.1 Å². The van der Waals surface area contributed by atoms with Crippen molar-refractivity contribution in [2.45, 2.75) is 18.0 Å². The van der Waals surface area contributed by atoms with E-state index in [1.54, 1.807) is 11.3 Å². The smallest absolute Gasteiger partial charge is 0.335 e. The predicted octanol–water partition coefficient (Wildman–Crippen LogP) is 2.81. The van der Waals surface area contributed by atoms with Gasteiger partial charge in [0.25, 0.3) is 0 Å². The van der Waals surface area contributed by atoms with Crippen molar-refractivity contribution in [3.05, 3.63) is 46.3 Å². The van der Waals surface area contributed by atoms with Crippen LogP contribution in [-0.2, 0) is 4.79 Å². The first-order valence-corrected chi connectivity index (χ1v) is 8.07. The number of amides is 1. The van der Waals surface area contributed by atoms with Crippen LogP contribution < -0.4 is 5.32 Å². The van der Waals surface area contributed by atoms with Crippen LogP contribution in [0.25, 0.3) is 0 Å². The van der Waals surface area contributed by atoms with Gasteiger partial charge in [0.15, 0.2) is 0 Å². The molecule has 0 aliphatic carbocycles. The summed E-state index contributed by atoms with van der Waals surface area (Å²) in [5.74, 6) is -0.912. The molecule has 5 nitrogen and oxygen atoms in total. The van der Waals surface area contributed by atoms with Crippen molar-refractivity contribution >= 4 is 35.0 Å². The second-order valence-corrected chi connectivity index (χ2v) is 6.26. The van der Waals surface area contributed by atoms with E-state index in [9.17, 15) is 9.59 Å². The summed E-state index contributed by atoms with van der Waals surface area (Å²) in [6.07, 6.45) is 1.43. The molecule has 0 aliphatic rings. The molecule has 2 rings (SSSR count). The molecule has 0 radical (unpaired) electrons. The van der Waals surface area contributed by atoms with Crippen LogP contribution in [0.5, 0.6) is 0 Å². The lowest BCUT2D eigenvalue weighted by atomic mass is 10.3. The van der Waals surface area contributed by atoms with Gasteiger partial charge in [-0.25, -0.2) is 9.78 Å². The summed E-state index contributed by atoms with van der Waals surface area (Å²) in [5, 5.41) is 14.3. The molecule has 0 aromatic carbocycles. The molecular formula is C14H14N2O3S2. The molecule has 0 spiro atoms. The zero-order chi connectivity index (χ0) is 15.2. The first-order chi connectivity index (χ1) is 10.1. The molecular weight excluding hydrogens is 308 g/mol. The number of carbonyl (C=O) groups is 2. The van der Waals surface area contributed by atoms with E-state index in [-0.39, 0.29) is 23.3 Å². The number of nitrogens with zero attached hydrogens (tertiary/aromatic N) is 1. The Morgan fingerprint density at radius 3 is 2.95 bits per heavy atom. The molecule has 7 heteroatoms. The van der Waals surface area contributed by atoms with Gasteiger partial charge in [-0.1, -0.05) is 17.8 Å². The van der Waals surface area contributed by atoms with Gasteiger partial charge < -0.3 is 10.4 Å². The molecule has 0 aliphatic heterocycles. The minimum absolute atomic E-state index is 0.0311. The summed E-state index contributed by atoms with van der Waals surface area (Å²) >= 11 is 2.81. The maximum absolute atomic E-state index is 11.9. The Morgan fingerprint density at radius 1 is 1.48 bits per heavy atom. The average Bonchev–Trinajstić information content (AvgIpc) is 2.99. The Labute approximate surface area is 130 Å². The molecule has 0 fully saturated rings. The summed E-state index contributed by atoms with van der Waals surface area (Å²) in [6.45, 7) is 1.93. The highest BCUT2D eigenvalue weighted by Crippen LogP contribution is 2.19. The first kappa shape index (κ1) is 15.5. The molecule has 1 amide bonds. The number of hydrogen-bond donors (Lipinski definition) is 2. The number of carboxylic acids is 1. The highest BCUT2D eigenvalue weighted by molar-refractivity contribution is 7.99. The standard InChI is InChI=1S/C14H14N2O3S2/c1-9(11-3-2-6-20-11)16-12(17)8-21-13-7-10(14(18)19)4-5-15-13/h2-7,9H,8H2,1H3,(H,16,17)(H,18,19). The molecule has 0 saturated heterocycles. The Kier molecular flexibility index (Phi) is 5.35. The quantitative estimate of drug-likeness (QED) is 0.800. The topological polar surface area (TPSA) is 79.3 Å². The number of rotatable bonds is 6. The highest BCUT2D eigenvalue weighted by Gasteiger charge is 2.11. The van der Waals surface area contributed by atoms with E-state index >= 15 is 0 Å². The Hall–Kier alpha value is -1.86. The van der Waals surface area contributed by atoms with E-state index in [0.717, 1.165) is 4.88 Å². The number of aromatic carboxylic acids is 1. The largest absolute Gasteiger partial charge is 0.478 e. The van der Waals surface area contributed by atoms with Crippen LogP contribution in [-0.4, -0.2) is 27.7 Å². The second kappa shape index (κ2) is 7.24. The van der Waals surface area contributed by atoms with Gasteiger partial charge in [-0.3, -0.25) is 4.79 Å². The maximum Gasteiger partial charge on any atom is 0.335 e. The summed E-state index contributed by atoms with van der Waals surface area (Å²) in [6, 6.07) is 6.77. The number of pyridine rings is 1. The van der Waals surface area contributed by atoms with Crippen LogP contribution in [0.1, 0.15) is 28.2 Å². The molecule has 21 heavy (non-hydrogen) atoms. The van der Waals surface area contributed by atoms with E-state index < -0.39 is 5.97 Å². The van der Waals surface area contributed by atoms with E-state index in [1.165, 1.54) is 30.1 Å². The van der Waals surface area contributed by atoms with Crippen LogP contribution in [0.3, 0.4) is 0 Å². The van der Waals surface area contributed by atoms with Crippen LogP contribution in [0.2, 0.25) is 0 Å². The third kappa shape index (κ3) is 4.57. The van der Waals surface area contributed by atoms with Gasteiger partial charge in [0.1, 0.15) is 0 Å². The Balaban J connectivity index is 1.86. The lowest BCUT2D eigenvalue weighted by Crippen LogP contribution is -2.27. The number of nitrogens with one attached hydrogen (secondary N) is 1. The van der Waals surface area contributed by atoms with Gasteiger partial charge in [-0.15, -0.1) is 11.3 Å². The van der Waals surface area contributed by atoms with Crippen molar-refractivity contribution < 1.29 is 14.7 Å². The molecule has 2 N–H and O–H groups in total. The number of hydrogen-bond acceptors (Lipinski definition) is 5. The molecule has 2 heterocycles. The predicted molar refractivity (Wildman–Crippen MR) is 82.8 cm³/mol. The zero-order valence-corrected chi connectivity index (χ0v) is 12.9. The zero-order valence-electron chi connectivity index (χ0n) is 11.3. The fourth-order valence-corrected chi connectivity index (χ4v) is 3.10. The molecule has 0 bridgehead atoms. The highest BCUT2D eigenvalue weighted by atomic mass is 32.2. The lowest BCUT2D eigenvalue weighted by Gasteiger charge is -2.11. The minimum atomic E-state index is -1.00. The van der Waals surface area contributed by atoms with E-state index in [1.807, 2.05) is 24.4 Å². The van der Waals surface area contributed by atoms with Gasteiger partial charge in [0.05, 0.1) is 22.4 Å². The van der Waals surface area contributed by atoms with Crippen molar-refractivity contribution in [1.29, 1.82) is 0 Å². The van der Waals surface area contributed by atoms with E-state index in [0.29, 0.717) is 5.03 Å². The average molecular weight is 322 g/mol. The Morgan fingerprint density at radius 2 is 2.29 bits per heavy atom. The number of thiophene rings is 1. The van der Waals surface area contributed by atoms with Crippen molar-refractivity contribution in [1.82, 2.24) is 10.3 Å². The van der Waals surface area contributed by atoms with Crippen LogP contribution in [0, 0.1) is 0 Å². The monoisotopic (exact) mass is 322 g/mol. The summed E-state index contributed by atoms with van der Waals surface area (Å²) in [4.78, 5) is 27.9. The summed E-state index contributed by atoms with van der Waals surface area (Å²) in [5.41, 5.74) is 0.167. The van der Waals surface area contributed by atoms with Gasteiger partial charge in [-0.05, 0) is 30.5 Å². The molecule has 110 valence electrons. The molecule has 0 saturated carbocycles. The fraction of sp³-hybridized carbons (Fsp3) is 0.214. The van der Waals surface area contributed by atoms with Gasteiger partial charge >= 0.3 is 5.97 Å². The normalized spacial score (nSPS) is 11.9. The molecule has 2 aromatic heterocycles. The maximum atomic E-state index is 11.9. The lowest BCUT2D eigenvalue weighted by molar-refractivity contribution is -0.119. The number of carboxylic acid groups (broad SMARTS) is 1. The summed E-state index contributed by atoms with van der Waals surface area (Å²) < 4.78 is 0. The Bertz CT molecular complexity index is 629. The van der Waals surface area contributed by atoms with Crippen molar-refractivity contribution in [3.8, 4) is 0 Å². The third-order valence-corrected chi connectivity index (χ3v) is 4.66. The number of carbonyl (C=O) groups excluding carboxylic acids is 1. The molecule has 2 aromatic rings. The molecule has 1 unspecified atom stereocenters. The second-order valence-electron chi connectivity index (χ2n) is 4.28. The fourth-order valence-electron chi connectivity index (χ4n) is 1.65. The number of aromatic nitrogens is 1. The van der Waals surface area contributed by atoms with Crippen molar-refractivity contribution in [3.63, 3.8) is 0 Å². The van der Waals surface area contributed by atoms with Crippen LogP contribution in [0.15, 0.2) is 40.9 Å². The van der Waals surface area contributed by atoms with Gasteiger partial charge in [0, 0.05) is 11.1 Å². The van der Waals surface area contributed by atoms with Crippen molar-refractivity contribution in [2.24, 2.45) is 0 Å². The van der Waals surface area contributed by atoms with Gasteiger partial charge in [-0.2, -0.15) is 0 Å². The van der Waals surface area contributed by atoms with E-state index in [4.69, 9.17) is 5.11 Å². The molecule has 1 atom stereocenters. The minimum Gasteiger partial charge on any atom is -0.478 e. The summed E-state index contributed by atoms with van der Waals surface area (Å²) in [7, 11) is 0. The SMILES string of the molecule is CC(NC(=O)CSc1cc(C(=O)O)ccn1)c1cccs1. The van der Waals surface area contributed by atoms with E-state index in [2.05, 4.69) is 10.3 Å². The third-order valence-electron chi connectivity index (χ3n) is 2.68. The van der Waals surface area contributed by atoms with Gasteiger partial charge in [0.2, 0.25) is 5.91 Å². The van der Waals surface area contributed by atoms with Crippen LogP contribution in [0.4, 0.5) is 0 Å². The van der Waals surface area contributed by atoms with Crippen molar-refractivity contribution in [2.75, 3.05) is 5.75 Å².